The summed E-state index contributed by atoms with van der Waals surface area (Å²) in [6.45, 7) is 4.21. The number of carbonyl (C=O) groups is 2. The zero-order valence-electron chi connectivity index (χ0n) is 13.1. The van der Waals surface area contributed by atoms with E-state index in [1.54, 1.807) is 0 Å². The van der Waals surface area contributed by atoms with Crippen LogP contribution in [-0.4, -0.2) is 49.1 Å². The third-order valence-corrected chi connectivity index (χ3v) is 4.46. The fourth-order valence-corrected chi connectivity index (χ4v) is 3.37. The third kappa shape index (κ3) is 5.30. The van der Waals surface area contributed by atoms with Crippen LogP contribution in [0.2, 0.25) is 0 Å². The summed E-state index contributed by atoms with van der Waals surface area (Å²) in [5, 5.41) is 3.14. The number of nitrogens with one attached hydrogen (secondary N) is 1. The summed E-state index contributed by atoms with van der Waals surface area (Å²) < 4.78 is 5.09. The summed E-state index contributed by atoms with van der Waals surface area (Å²) in [6, 6.07) is 0.358. The van der Waals surface area contributed by atoms with Crippen molar-refractivity contribution in [2.45, 2.75) is 57.9 Å². The van der Waals surface area contributed by atoms with E-state index < -0.39 is 0 Å². The average Bonchev–Trinajstić information content (AvgIpc) is 2.48. The Balaban J connectivity index is 1.73. The molecule has 5 heteroatoms. The molecule has 0 spiro atoms. The van der Waals surface area contributed by atoms with Crippen LogP contribution in [0.15, 0.2) is 0 Å². The molecule has 2 aliphatic rings. The van der Waals surface area contributed by atoms with Gasteiger partial charge in [-0.1, -0.05) is 19.3 Å². The standard InChI is InChI=1S/C16H28N2O3/c1-2-21-16(20)13-7-6-10-18(11-13)12-15(19)17-14-8-4-3-5-9-14/h13-14H,2-12H2,1H3,(H,17,19)/t13-/m1/s1. The Morgan fingerprint density at radius 1 is 1.14 bits per heavy atom. The summed E-state index contributed by atoms with van der Waals surface area (Å²) in [5.41, 5.74) is 0. The molecule has 1 amide bonds. The number of likely N-dealkylation sites (tertiary alicyclic amines) is 1. The molecule has 1 N–H and O–H groups in total. The first kappa shape index (κ1) is 16.3. The minimum Gasteiger partial charge on any atom is -0.466 e. The highest BCUT2D eigenvalue weighted by atomic mass is 16.5. The van der Waals surface area contributed by atoms with Crippen LogP contribution in [0.5, 0.6) is 0 Å². The van der Waals surface area contributed by atoms with Crippen molar-refractivity contribution in [3.05, 3.63) is 0 Å². The number of ether oxygens (including phenoxy) is 1. The number of hydrogen-bond donors (Lipinski definition) is 1. The predicted octanol–water partition coefficient (Wildman–Crippen LogP) is 1.71. The van der Waals surface area contributed by atoms with Gasteiger partial charge in [0.2, 0.25) is 5.91 Å². The van der Waals surface area contributed by atoms with Crippen molar-refractivity contribution in [1.29, 1.82) is 0 Å². The van der Waals surface area contributed by atoms with Crippen LogP contribution in [0, 0.1) is 5.92 Å². The molecule has 1 saturated carbocycles. The van der Waals surface area contributed by atoms with Crippen molar-refractivity contribution in [2.24, 2.45) is 5.92 Å². The predicted molar refractivity (Wildman–Crippen MR) is 80.8 cm³/mol. The van der Waals surface area contributed by atoms with Crippen molar-refractivity contribution < 1.29 is 14.3 Å². The van der Waals surface area contributed by atoms with Gasteiger partial charge in [0.05, 0.1) is 19.1 Å². The van der Waals surface area contributed by atoms with Gasteiger partial charge < -0.3 is 10.1 Å². The van der Waals surface area contributed by atoms with Crippen molar-refractivity contribution in [3.63, 3.8) is 0 Å². The van der Waals surface area contributed by atoms with Crippen molar-refractivity contribution in [2.75, 3.05) is 26.2 Å². The van der Waals surface area contributed by atoms with Gasteiger partial charge in [0.15, 0.2) is 0 Å². The second-order valence-corrected chi connectivity index (χ2v) is 6.23. The number of piperidine rings is 1. The molecule has 0 aromatic carbocycles. The summed E-state index contributed by atoms with van der Waals surface area (Å²) in [6.07, 6.45) is 7.78. The molecule has 2 rings (SSSR count). The van der Waals surface area contributed by atoms with Crippen LogP contribution in [-0.2, 0) is 14.3 Å². The van der Waals surface area contributed by atoms with Crippen LogP contribution in [0.4, 0.5) is 0 Å². The highest BCUT2D eigenvalue weighted by Crippen LogP contribution is 2.19. The molecular weight excluding hydrogens is 268 g/mol. The van der Waals surface area contributed by atoms with Crippen molar-refractivity contribution in [3.8, 4) is 0 Å². The zero-order chi connectivity index (χ0) is 15.1. The van der Waals surface area contributed by atoms with Gasteiger partial charge in [-0.2, -0.15) is 0 Å². The van der Waals surface area contributed by atoms with Gasteiger partial charge in [-0.25, -0.2) is 0 Å². The molecule has 0 radical (unpaired) electrons. The van der Waals surface area contributed by atoms with Crippen molar-refractivity contribution >= 4 is 11.9 Å². The number of esters is 1. The molecular formula is C16H28N2O3. The summed E-state index contributed by atoms with van der Waals surface area (Å²) in [4.78, 5) is 26.0. The molecule has 0 aromatic heterocycles. The minimum atomic E-state index is -0.116. The summed E-state index contributed by atoms with van der Waals surface area (Å²) in [7, 11) is 0. The molecule has 0 aromatic rings. The average molecular weight is 296 g/mol. The van der Waals surface area contributed by atoms with E-state index in [-0.39, 0.29) is 17.8 Å². The first-order valence-electron chi connectivity index (χ1n) is 8.37. The quantitative estimate of drug-likeness (QED) is 0.785. The fourth-order valence-electron chi connectivity index (χ4n) is 3.37. The number of nitrogens with zero attached hydrogens (tertiary/aromatic N) is 1. The highest BCUT2D eigenvalue weighted by molar-refractivity contribution is 5.78. The molecule has 1 aliphatic heterocycles. The Kier molecular flexibility index (Phi) is 6.49. The number of carbonyl (C=O) groups excluding carboxylic acids is 2. The second kappa shape index (κ2) is 8.37. The zero-order valence-corrected chi connectivity index (χ0v) is 13.1. The molecule has 5 nitrogen and oxygen atoms in total. The SMILES string of the molecule is CCOC(=O)[C@@H]1CCCN(CC(=O)NC2CCCCC2)C1. The highest BCUT2D eigenvalue weighted by Gasteiger charge is 2.28. The van der Waals surface area contributed by atoms with Gasteiger partial charge in [0.25, 0.3) is 0 Å². The van der Waals surface area contributed by atoms with Crippen LogP contribution in [0.1, 0.15) is 51.9 Å². The summed E-state index contributed by atoms with van der Waals surface area (Å²) >= 11 is 0. The Morgan fingerprint density at radius 3 is 2.62 bits per heavy atom. The lowest BCUT2D eigenvalue weighted by Crippen LogP contribution is -2.47. The maximum atomic E-state index is 12.1. The van der Waals surface area contributed by atoms with E-state index >= 15 is 0 Å². The van der Waals surface area contributed by atoms with Gasteiger partial charge in [-0.15, -0.1) is 0 Å². The first-order chi connectivity index (χ1) is 10.2. The lowest BCUT2D eigenvalue weighted by molar-refractivity contribution is -0.150. The van der Waals surface area contributed by atoms with E-state index in [0.717, 1.165) is 32.2 Å². The number of amides is 1. The molecule has 1 aliphatic carbocycles. The van der Waals surface area contributed by atoms with E-state index in [9.17, 15) is 9.59 Å². The Labute approximate surface area is 127 Å². The molecule has 2 fully saturated rings. The maximum absolute atomic E-state index is 12.1. The number of hydrogen-bond acceptors (Lipinski definition) is 4. The molecule has 1 heterocycles. The molecule has 1 saturated heterocycles. The van der Waals surface area contributed by atoms with Crippen LogP contribution in [0.25, 0.3) is 0 Å². The number of rotatable bonds is 5. The lowest BCUT2D eigenvalue weighted by Gasteiger charge is -2.31. The lowest BCUT2D eigenvalue weighted by atomic mass is 9.95. The first-order valence-corrected chi connectivity index (χ1v) is 8.37. The van der Waals surface area contributed by atoms with E-state index in [1.807, 2.05) is 6.92 Å². The Hall–Kier alpha value is -1.10. The Morgan fingerprint density at radius 2 is 1.90 bits per heavy atom. The van der Waals surface area contributed by atoms with E-state index in [4.69, 9.17) is 4.74 Å². The monoisotopic (exact) mass is 296 g/mol. The molecule has 120 valence electrons. The van der Waals surface area contributed by atoms with Gasteiger partial charge in [-0.05, 0) is 39.2 Å². The molecule has 21 heavy (non-hydrogen) atoms. The van der Waals surface area contributed by atoms with Crippen LogP contribution >= 0.6 is 0 Å². The van der Waals surface area contributed by atoms with E-state index in [0.29, 0.717) is 25.7 Å². The normalized spacial score (nSPS) is 24.5. The van der Waals surface area contributed by atoms with E-state index in [1.165, 1.54) is 19.3 Å². The topological polar surface area (TPSA) is 58.6 Å². The second-order valence-electron chi connectivity index (χ2n) is 6.23. The fraction of sp³-hybridized carbons (Fsp3) is 0.875. The molecule has 0 unspecified atom stereocenters. The largest absolute Gasteiger partial charge is 0.466 e. The van der Waals surface area contributed by atoms with Gasteiger partial charge in [0.1, 0.15) is 0 Å². The van der Waals surface area contributed by atoms with Crippen LogP contribution in [0.3, 0.4) is 0 Å². The molecule has 1 atom stereocenters. The van der Waals surface area contributed by atoms with Gasteiger partial charge in [-0.3, -0.25) is 14.5 Å². The Bertz CT molecular complexity index is 353. The van der Waals surface area contributed by atoms with Gasteiger partial charge >= 0.3 is 5.97 Å². The van der Waals surface area contributed by atoms with Crippen LogP contribution < -0.4 is 5.32 Å². The van der Waals surface area contributed by atoms with E-state index in [2.05, 4.69) is 10.2 Å². The maximum Gasteiger partial charge on any atom is 0.310 e. The minimum absolute atomic E-state index is 0.0684. The summed E-state index contributed by atoms with van der Waals surface area (Å²) in [5.74, 6) is -0.0810. The van der Waals surface area contributed by atoms with Crippen molar-refractivity contribution in [1.82, 2.24) is 10.2 Å². The smallest absolute Gasteiger partial charge is 0.310 e. The third-order valence-electron chi connectivity index (χ3n) is 4.46. The van der Waals surface area contributed by atoms with Gasteiger partial charge in [0, 0.05) is 12.6 Å². The molecule has 0 bridgehead atoms.